The summed E-state index contributed by atoms with van der Waals surface area (Å²) in [6, 6.07) is 5.91. The predicted molar refractivity (Wildman–Crippen MR) is 93.7 cm³/mol. The third-order valence-corrected chi connectivity index (χ3v) is 5.69. The smallest absolute Gasteiger partial charge is 0.269 e. The van der Waals surface area contributed by atoms with E-state index < -0.39 is 6.10 Å². The number of amides is 1. The van der Waals surface area contributed by atoms with Crippen LogP contribution in [0.1, 0.15) is 43.0 Å². The highest BCUT2D eigenvalue weighted by Gasteiger charge is 2.30. The molecule has 126 valence electrons. The van der Waals surface area contributed by atoms with Gasteiger partial charge in [0.1, 0.15) is 11.5 Å². The van der Waals surface area contributed by atoms with Crippen molar-refractivity contribution in [3.63, 3.8) is 0 Å². The lowest BCUT2D eigenvalue weighted by molar-refractivity contribution is -0.125. The zero-order valence-corrected chi connectivity index (χ0v) is 14.5. The number of anilines is 1. The highest BCUT2D eigenvalue weighted by Crippen LogP contribution is 2.31. The number of hydrogen-bond donors (Lipinski definition) is 1. The average Bonchev–Trinajstić information content (AvgIpc) is 3.34. The predicted octanol–water partition coefficient (Wildman–Crippen LogP) is 3.84. The summed E-state index contributed by atoms with van der Waals surface area (Å²) in [6.07, 6.45) is 6.19. The molecule has 2 aromatic rings. The Hall–Kier alpha value is -1.86. The lowest BCUT2D eigenvalue weighted by atomic mass is 10.1. The van der Waals surface area contributed by atoms with Crippen LogP contribution in [0.15, 0.2) is 29.6 Å². The molecule has 3 heterocycles. The van der Waals surface area contributed by atoms with Crippen molar-refractivity contribution in [1.82, 2.24) is 9.78 Å². The van der Waals surface area contributed by atoms with Gasteiger partial charge in [-0.3, -0.25) is 4.79 Å². The van der Waals surface area contributed by atoms with E-state index in [1.807, 2.05) is 22.9 Å². The van der Waals surface area contributed by atoms with Crippen molar-refractivity contribution in [2.24, 2.45) is 5.16 Å². The number of nitrogens with zero attached hydrogens (tertiary/aromatic N) is 3. The van der Waals surface area contributed by atoms with Crippen molar-refractivity contribution in [3.05, 3.63) is 33.6 Å². The largest absolute Gasteiger partial charge is 0.382 e. The fourth-order valence-corrected chi connectivity index (χ4v) is 4.23. The highest BCUT2D eigenvalue weighted by molar-refractivity contribution is 7.18. The minimum atomic E-state index is -0.618. The topological polar surface area (TPSA) is 68.5 Å². The number of oxime groups is 1. The van der Waals surface area contributed by atoms with Crippen LogP contribution in [0.2, 0.25) is 4.34 Å². The summed E-state index contributed by atoms with van der Waals surface area (Å²) in [7, 11) is 0. The van der Waals surface area contributed by atoms with Gasteiger partial charge < -0.3 is 10.2 Å². The van der Waals surface area contributed by atoms with Crippen molar-refractivity contribution in [2.45, 2.75) is 44.2 Å². The van der Waals surface area contributed by atoms with Crippen molar-refractivity contribution < 1.29 is 9.63 Å². The zero-order valence-electron chi connectivity index (χ0n) is 12.9. The maximum absolute atomic E-state index is 12.5. The van der Waals surface area contributed by atoms with Crippen LogP contribution in [-0.4, -0.2) is 27.5 Å². The van der Waals surface area contributed by atoms with E-state index in [0.29, 0.717) is 16.8 Å². The van der Waals surface area contributed by atoms with Crippen LogP contribution in [0.3, 0.4) is 0 Å². The van der Waals surface area contributed by atoms with Gasteiger partial charge in [0.05, 0.1) is 21.5 Å². The molecular weight excluding hydrogens is 348 g/mol. The number of hydrogen-bond acceptors (Lipinski definition) is 5. The summed E-state index contributed by atoms with van der Waals surface area (Å²) >= 11 is 7.38. The number of carbonyl (C=O) groups excluding carboxylic acids is 1. The molecule has 0 saturated heterocycles. The first kappa shape index (κ1) is 15.7. The van der Waals surface area contributed by atoms with Crippen molar-refractivity contribution >= 4 is 40.4 Å². The Morgan fingerprint density at radius 2 is 2.17 bits per heavy atom. The van der Waals surface area contributed by atoms with E-state index in [1.54, 1.807) is 6.20 Å². The number of aromatic nitrogens is 2. The first-order valence-electron chi connectivity index (χ1n) is 8.03. The number of nitrogens with one attached hydrogen (secondary N) is 1. The van der Waals surface area contributed by atoms with Gasteiger partial charge in [-0.05, 0) is 25.0 Å². The molecule has 2 aliphatic rings. The average molecular weight is 365 g/mol. The maximum atomic E-state index is 12.5. The first-order chi connectivity index (χ1) is 11.7. The lowest BCUT2D eigenvalue weighted by Crippen LogP contribution is -2.29. The normalized spacial score (nSPS) is 20.9. The molecule has 0 aromatic carbocycles. The van der Waals surface area contributed by atoms with Crippen molar-refractivity contribution in [1.29, 1.82) is 0 Å². The van der Waals surface area contributed by atoms with E-state index in [2.05, 4.69) is 15.6 Å². The van der Waals surface area contributed by atoms with Crippen molar-refractivity contribution in [2.75, 3.05) is 5.32 Å². The van der Waals surface area contributed by atoms with Gasteiger partial charge in [-0.15, -0.1) is 11.3 Å². The molecule has 0 radical (unpaired) electrons. The summed E-state index contributed by atoms with van der Waals surface area (Å²) in [4.78, 5) is 18.7. The third-order valence-electron chi connectivity index (χ3n) is 4.41. The molecule has 24 heavy (non-hydrogen) atoms. The lowest BCUT2D eigenvalue weighted by Gasteiger charge is -2.15. The van der Waals surface area contributed by atoms with E-state index in [1.165, 1.54) is 24.2 Å². The Morgan fingerprint density at radius 3 is 2.92 bits per heavy atom. The molecule has 1 amide bonds. The van der Waals surface area contributed by atoms with Gasteiger partial charge >= 0.3 is 0 Å². The van der Waals surface area contributed by atoms with Gasteiger partial charge in [-0.1, -0.05) is 29.6 Å². The molecule has 6 nitrogen and oxygen atoms in total. The Labute approximate surface area is 148 Å². The van der Waals surface area contributed by atoms with Crippen molar-refractivity contribution in [3.8, 4) is 0 Å². The second kappa shape index (κ2) is 6.57. The van der Waals surface area contributed by atoms with Crippen LogP contribution in [-0.2, 0) is 9.63 Å². The Balaban J connectivity index is 1.40. The monoisotopic (exact) mass is 364 g/mol. The third kappa shape index (κ3) is 3.06. The molecule has 1 aliphatic carbocycles. The van der Waals surface area contributed by atoms with Gasteiger partial charge in [0.2, 0.25) is 6.10 Å². The van der Waals surface area contributed by atoms with Crippen LogP contribution in [0.5, 0.6) is 0 Å². The maximum Gasteiger partial charge on any atom is 0.269 e. The molecule has 1 fully saturated rings. The Kier molecular flexibility index (Phi) is 4.28. The van der Waals surface area contributed by atoms with Gasteiger partial charge in [0, 0.05) is 12.5 Å². The van der Waals surface area contributed by atoms with Gasteiger partial charge in [0.15, 0.2) is 0 Å². The summed E-state index contributed by atoms with van der Waals surface area (Å²) < 4.78 is 2.61. The van der Waals surface area contributed by atoms with E-state index in [4.69, 9.17) is 16.4 Å². The molecule has 0 spiro atoms. The molecule has 4 rings (SSSR count). The summed E-state index contributed by atoms with van der Waals surface area (Å²) in [5, 5.41) is 11.3. The molecule has 1 unspecified atom stereocenters. The van der Waals surface area contributed by atoms with Crippen LogP contribution < -0.4 is 5.32 Å². The summed E-state index contributed by atoms with van der Waals surface area (Å²) in [5.74, 6) is 0.527. The van der Waals surface area contributed by atoms with Crippen LogP contribution >= 0.6 is 22.9 Å². The van der Waals surface area contributed by atoms with Crippen LogP contribution in [0.25, 0.3) is 0 Å². The fraction of sp³-hybridized carbons (Fsp3) is 0.438. The quantitative estimate of drug-likeness (QED) is 0.896. The van der Waals surface area contributed by atoms with Gasteiger partial charge in [-0.25, -0.2) is 4.68 Å². The highest BCUT2D eigenvalue weighted by atomic mass is 35.5. The van der Waals surface area contributed by atoms with E-state index in [-0.39, 0.29) is 5.91 Å². The van der Waals surface area contributed by atoms with E-state index >= 15 is 0 Å². The fourth-order valence-electron chi connectivity index (χ4n) is 3.19. The Bertz CT molecular complexity index is 779. The first-order valence-corrected chi connectivity index (χ1v) is 9.23. The summed E-state index contributed by atoms with van der Waals surface area (Å²) in [6.45, 7) is 0. The van der Waals surface area contributed by atoms with E-state index in [0.717, 1.165) is 29.2 Å². The molecule has 8 heteroatoms. The van der Waals surface area contributed by atoms with Gasteiger partial charge in [0.25, 0.3) is 5.91 Å². The minimum Gasteiger partial charge on any atom is -0.382 e. The number of halogens is 1. The Morgan fingerprint density at radius 1 is 1.33 bits per heavy atom. The van der Waals surface area contributed by atoms with Gasteiger partial charge in [-0.2, -0.15) is 5.10 Å². The van der Waals surface area contributed by atoms with Crippen LogP contribution in [0, 0.1) is 0 Å². The second-order valence-electron chi connectivity index (χ2n) is 6.03. The van der Waals surface area contributed by atoms with Crippen LogP contribution in [0.4, 0.5) is 5.82 Å². The molecule has 1 aliphatic heterocycles. The molecule has 1 saturated carbocycles. The van der Waals surface area contributed by atoms with E-state index in [9.17, 15) is 4.79 Å². The standard InChI is InChI=1S/C16H17ClN4O2S/c17-14-6-5-13(24-14)11-9-12(23-20-11)16(22)19-15-7-8-18-21(15)10-3-1-2-4-10/h5-8,10,12H,1-4,9H2,(H,19,22). The molecule has 1 N–H and O–H groups in total. The SMILES string of the molecule is O=C(Nc1ccnn1C1CCCC1)C1CC(c2ccc(Cl)s2)=NO1. The zero-order chi connectivity index (χ0) is 16.5. The second-order valence-corrected chi connectivity index (χ2v) is 7.74. The molecule has 1 atom stereocenters. The molecular formula is C16H17ClN4O2S. The number of rotatable bonds is 4. The molecule has 0 bridgehead atoms. The molecule has 2 aromatic heterocycles. The minimum absolute atomic E-state index is 0.198. The summed E-state index contributed by atoms with van der Waals surface area (Å²) in [5.41, 5.74) is 0.761. The number of carbonyl (C=O) groups is 1. The number of thiophene rings is 1.